The molecule has 1 amide bonds. The molecule has 0 saturated heterocycles. The summed E-state index contributed by atoms with van der Waals surface area (Å²) >= 11 is 0. The van der Waals surface area contributed by atoms with Gasteiger partial charge in [0.25, 0.3) is 5.91 Å². The van der Waals surface area contributed by atoms with Gasteiger partial charge in [0.05, 0.1) is 18.2 Å². The van der Waals surface area contributed by atoms with E-state index in [-0.39, 0.29) is 17.2 Å². The third-order valence-electron chi connectivity index (χ3n) is 3.94. The highest BCUT2D eigenvalue weighted by molar-refractivity contribution is 6.06. The van der Waals surface area contributed by atoms with E-state index in [1.54, 1.807) is 0 Å². The summed E-state index contributed by atoms with van der Waals surface area (Å²) in [5.74, 6) is -1.49. The highest BCUT2D eigenvalue weighted by Crippen LogP contribution is 2.43. The number of amides is 1. The molecule has 2 rings (SSSR count). The predicted molar refractivity (Wildman–Crippen MR) is 78.6 cm³/mol. The molecule has 0 aliphatic heterocycles. The summed E-state index contributed by atoms with van der Waals surface area (Å²) in [7, 11) is 1.31. The van der Waals surface area contributed by atoms with Crippen LogP contribution in [0.15, 0.2) is 12.1 Å². The average Bonchev–Trinajstić information content (AvgIpc) is 2.98. The molecular weight excluding hydrogens is 311 g/mol. The lowest BCUT2D eigenvalue weighted by Crippen LogP contribution is -2.36. The van der Waals surface area contributed by atoms with Crippen LogP contribution in [0.25, 0.3) is 0 Å². The van der Waals surface area contributed by atoms with Crippen LogP contribution in [0.4, 0.5) is 13.2 Å². The highest BCUT2D eigenvalue weighted by atomic mass is 19.4. The number of ether oxygens (including phenoxy) is 1. The topological polar surface area (TPSA) is 88.2 Å². The van der Waals surface area contributed by atoms with Gasteiger partial charge in [-0.05, 0) is 36.5 Å². The number of guanidine groups is 1. The van der Waals surface area contributed by atoms with E-state index in [0.29, 0.717) is 5.56 Å². The van der Waals surface area contributed by atoms with Gasteiger partial charge in [-0.1, -0.05) is 12.8 Å². The molecule has 0 unspecified atom stereocenters. The van der Waals surface area contributed by atoms with Crippen LogP contribution in [0.5, 0.6) is 5.75 Å². The summed E-state index contributed by atoms with van der Waals surface area (Å²) in [6, 6.07) is 1.79. The second-order valence-electron chi connectivity index (χ2n) is 5.49. The molecule has 1 aromatic carbocycles. The van der Waals surface area contributed by atoms with Gasteiger partial charge in [0.15, 0.2) is 5.96 Å². The Bertz CT molecular complexity index is 623. The maximum Gasteiger partial charge on any atom is 0.416 e. The monoisotopic (exact) mass is 329 g/mol. The van der Waals surface area contributed by atoms with Gasteiger partial charge >= 0.3 is 6.18 Å². The van der Waals surface area contributed by atoms with Crippen LogP contribution in [0.3, 0.4) is 0 Å². The molecule has 5 nitrogen and oxygen atoms in total. The van der Waals surface area contributed by atoms with Crippen molar-refractivity contribution in [2.75, 3.05) is 7.11 Å². The number of nitrogens with one attached hydrogen (secondary N) is 2. The molecule has 23 heavy (non-hydrogen) atoms. The van der Waals surface area contributed by atoms with E-state index in [4.69, 9.17) is 15.9 Å². The third-order valence-corrected chi connectivity index (χ3v) is 3.94. The lowest BCUT2D eigenvalue weighted by molar-refractivity contribution is -0.137. The van der Waals surface area contributed by atoms with Crippen molar-refractivity contribution in [1.82, 2.24) is 5.32 Å². The van der Waals surface area contributed by atoms with Crippen LogP contribution in [-0.4, -0.2) is 19.0 Å². The van der Waals surface area contributed by atoms with Crippen LogP contribution in [0.1, 0.15) is 53.1 Å². The molecule has 1 aromatic rings. The van der Waals surface area contributed by atoms with Gasteiger partial charge in [0.1, 0.15) is 5.75 Å². The first kappa shape index (κ1) is 17.1. The zero-order valence-corrected chi connectivity index (χ0v) is 12.6. The Morgan fingerprint density at radius 3 is 2.43 bits per heavy atom. The van der Waals surface area contributed by atoms with Gasteiger partial charge in [0.2, 0.25) is 0 Å². The van der Waals surface area contributed by atoms with E-state index in [9.17, 15) is 18.0 Å². The Hall–Kier alpha value is -2.25. The lowest BCUT2D eigenvalue weighted by Gasteiger charge is -2.20. The zero-order chi connectivity index (χ0) is 17.2. The maximum absolute atomic E-state index is 13.2. The van der Waals surface area contributed by atoms with Crippen LogP contribution < -0.4 is 15.8 Å². The fraction of sp³-hybridized carbons (Fsp3) is 0.467. The average molecular weight is 329 g/mol. The molecule has 1 saturated carbocycles. The molecule has 0 heterocycles. The minimum Gasteiger partial charge on any atom is -0.496 e. The van der Waals surface area contributed by atoms with Gasteiger partial charge in [-0.2, -0.15) is 13.2 Å². The summed E-state index contributed by atoms with van der Waals surface area (Å²) < 4.78 is 44.7. The Balaban J connectivity index is 2.59. The number of hydrogen-bond acceptors (Lipinski definition) is 3. The molecule has 126 valence electrons. The van der Waals surface area contributed by atoms with Crippen LogP contribution >= 0.6 is 0 Å². The van der Waals surface area contributed by atoms with Gasteiger partial charge in [-0.3, -0.25) is 15.5 Å². The maximum atomic E-state index is 13.2. The number of benzene rings is 1. The van der Waals surface area contributed by atoms with E-state index in [0.717, 1.165) is 37.8 Å². The molecule has 1 aliphatic carbocycles. The molecule has 0 atom stereocenters. The normalized spacial score (nSPS) is 15.5. The van der Waals surface area contributed by atoms with Crippen molar-refractivity contribution in [3.63, 3.8) is 0 Å². The molecular formula is C15H18F3N3O2. The molecule has 0 aromatic heterocycles. The van der Waals surface area contributed by atoms with E-state index in [1.807, 2.05) is 5.32 Å². The van der Waals surface area contributed by atoms with E-state index < -0.39 is 23.6 Å². The summed E-state index contributed by atoms with van der Waals surface area (Å²) in [6.45, 7) is 0. The summed E-state index contributed by atoms with van der Waals surface area (Å²) in [5, 5.41) is 9.09. The Kier molecular flexibility index (Phi) is 4.82. The number of carbonyl (C=O) groups excluding carboxylic acids is 1. The summed E-state index contributed by atoms with van der Waals surface area (Å²) in [4.78, 5) is 12.1. The minimum absolute atomic E-state index is 0.0730. The van der Waals surface area contributed by atoms with Gasteiger partial charge < -0.3 is 10.5 Å². The highest BCUT2D eigenvalue weighted by Gasteiger charge is 2.35. The fourth-order valence-corrected chi connectivity index (χ4v) is 2.94. The molecule has 4 N–H and O–H groups in total. The first-order valence-corrected chi connectivity index (χ1v) is 7.18. The summed E-state index contributed by atoms with van der Waals surface area (Å²) in [5.41, 5.74) is 4.30. The van der Waals surface area contributed by atoms with Crippen LogP contribution in [0.2, 0.25) is 0 Å². The second kappa shape index (κ2) is 6.47. The van der Waals surface area contributed by atoms with Crippen molar-refractivity contribution in [3.8, 4) is 5.75 Å². The first-order chi connectivity index (χ1) is 10.7. The fourth-order valence-electron chi connectivity index (χ4n) is 2.94. The lowest BCUT2D eigenvalue weighted by atomic mass is 9.92. The minimum atomic E-state index is -4.58. The quantitative estimate of drug-likeness (QED) is 0.588. The van der Waals surface area contributed by atoms with Crippen molar-refractivity contribution in [2.45, 2.75) is 37.8 Å². The van der Waals surface area contributed by atoms with E-state index in [2.05, 4.69) is 0 Å². The summed E-state index contributed by atoms with van der Waals surface area (Å²) in [6.07, 6.45) is -1.21. The zero-order valence-electron chi connectivity index (χ0n) is 12.6. The standard InChI is InChI=1S/C15H18F3N3O2/c1-23-12-10(8-4-2-3-5-8)6-9(15(16,17)18)7-11(12)13(22)21-14(19)20/h6-8H,2-5H2,1H3,(H4,19,20,21,22). The molecule has 0 bridgehead atoms. The molecule has 0 radical (unpaired) electrons. The van der Waals surface area contributed by atoms with Gasteiger partial charge in [0, 0.05) is 0 Å². The largest absolute Gasteiger partial charge is 0.496 e. The number of rotatable bonds is 3. The van der Waals surface area contributed by atoms with Crippen LogP contribution in [-0.2, 0) is 6.18 Å². The number of nitrogens with two attached hydrogens (primary N) is 1. The van der Waals surface area contributed by atoms with Crippen molar-refractivity contribution < 1.29 is 22.7 Å². The van der Waals surface area contributed by atoms with E-state index in [1.165, 1.54) is 7.11 Å². The Labute approximate surface area is 131 Å². The van der Waals surface area contributed by atoms with Crippen molar-refractivity contribution >= 4 is 11.9 Å². The third kappa shape index (κ3) is 3.75. The molecule has 1 aliphatic rings. The SMILES string of the molecule is COc1c(C(=O)NC(=N)N)cc(C(F)(F)F)cc1C1CCCC1. The first-order valence-electron chi connectivity index (χ1n) is 7.18. The Morgan fingerprint density at radius 2 is 1.96 bits per heavy atom. The van der Waals surface area contributed by atoms with Gasteiger partial charge in [-0.25, -0.2) is 0 Å². The van der Waals surface area contributed by atoms with Crippen molar-refractivity contribution in [2.24, 2.45) is 5.73 Å². The number of hydrogen-bond donors (Lipinski definition) is 3. The number of alkyl halides is 3. The van der Waals surface area contributed by atoms with Crippen LogP contribution in [0, 0.1) is 5.41 Å². The molecule has 0 spiro atoms. The van der Waals surface area contributed by atoms with Crippen molar-refractivity contribution in [3.05, 3.63) is 28.8 Å². The number of carbonyl (C=O) groups is 1. The van der Waals surface area contributed by atoms with Gasteiger partial charge in [-0.15, -0.1) is 0 Å². The number of halogens is 3. The Morgan fingerprint density at radius 1 is 1.35 bits per heavy atom. The van der Waals surface area contributed by atoms with Crippen molar-refractivity contribution in [1.29, 1.82) is 5.41 Å². The molecule has 8 heteroatoms. The number of methoxy groups -OCH3 is 1. The van der Waals surface area contributed by atoms with E-state index >= 15 is 0 Å². The smallest absolute Gasteiger partial charge is 0.416 e. The predicted octanol–water partition coefficient (Wildman–Crippen LogP) is 2.99. The molecule has 1 fully saturated rings. The second-order valence-corrected chi connectivity index (χ2v) is 5.49.